The van der Waals surface area contributed by atoms with E-state index in [0.717, 1.165) is 12.0 Å². The van der Waals surface area contributed by atoms with Gasteiger partial charge in [-0.05, 0) is 66.1 Å². The molecule has 2 aliphatic heterocycles. The first-order chi connectivity index (χ1) is 15.9. The molecule has 7 heteroatoms. The molecule has 2 heterocycles. The number of aliphatic hydroxyl groups excluding tert-OH is 1. The fraction of sp³-hybridized carbons (Fsp3) is 0.741. The fourth-order valence-corrected chi connectivity index (χ4v) is 12.5. The van der Waals surface area contributed by atoms with Crippen molar-refractivity contribution in [2.45, 2.75) is 109 Å². The molecule has 0 saturated carbocycles. The number of fused-ring (bicyclic) bond motifs is 3. The number of rotatable bonds is 10. The minimum absolute atomic E-state index is 0.148. The summed E-state index contributed by atoms with van der Waals surface area (Å²) in [5, 5.41) is 10.3. The maximum Gasteiger partial charge on any atom is 0.226 e. The van der Waals surface area contributed by atoms with E-state index >= 15 is 0 Å². The Bertz CT molecular complexity index is 862. The summed E-state index contributed by atoms with van der Waals surface area (Å²) in [5.74, 6) is 1.52. The highest BCUT2D eigenvalue weighted by Crippen LogP contribution is 2.54. The van der Waals surface area contributed by atoms with Crippen LogP contribution in [0.25, 0.3) is 0 Å². The van der Waals surface area contributed by atoms with Crippen LogP contribution in [-0.2, 0) is 21.2 Å². The molecule has 1 saturated heterocycles. The van der Waals surface area contributed by atoms with Crippen LogP contribution in [0.5, 0.6) is 11.5 Å². The molecular weight excluding hydrogens is 446 g/mol. The molecule has 0 aromatic heterocycles. The zero-order valence-corrected chi connectivity index (χ0v) is 23.6. The first kappa shape index (κ1) is 27.0. The third-order valence-corrected chi connectivity index (χ3v) is 14.5. The van der Waals surface area contributed by atoms with Crippen molar-refractivity contribution >= 4 is 14.2 Å². The maximum absolute atomic E-state index is 13.5. The number of aliphatic hydroxyl groups is 1. The van der Waals surface area contributed by atoms with Crippen molar-refractivity contribution in [2.75, 3.05) is 20.8 Å². The Morgan fingerprint density at radius 3 is 2.09 bits per heavy atom. The number of hydrogen-bond donors (Lipinski definition) is 1. The molecule has 3 rings (SSSR count). The van der Waals surface area contributed by atoms with Crippen molar-refractivity contribution in [2.24, 2.45) is 0 Å². The Kier molecular flexibility index (Phi) is 8.10. The molecule has 34 heavy (non-hydrogen) atoms. The van der Waals surface area contributed by atoms with E-state index in [4.69, 9.17) is 13.9 Å². The van der Waals surface area contributed by atoms with Crippen molar-refractivity contribution in [1.82, 2.24) is 4.90 Å². The number of nitrogens with zero attached hydrogens (tertiary/aromatic N) is 1. The second-order valence-electron chi connectivity index (χ2n) is 11.1. The summed E-state index contributed by atoms with van der Waals surface area (Å²) in [6.45, 7) is 16.2. The molecule has 2 aliphatic rings. The molecule has 1 amide bonds. The maximum atomic E-state index is 13.5. The molecule has 1 aromatic carbocycles. The van der Waals surface area contributed by atoms with Crippen molar-refractivity contribution in [1.29, 1.82) is 0 Å². The van der Waals surface area contributed by atoms with Gasteiger partial charge in [-0.3, -0.25) is 4.79 Å². The lowest BCUT2D eigenvalue weighted by atomic mass is 9.75. The van der Waals surface area contributed by atoms with Gasteiger partial charge in [-0.2, -0.15) is 0 Å². The molecular formula is C27H45NO5Si. The Labute approximate surface area is 207 Å². The molecule has 6 nitrogen and oxygen atoms in total. The minimum atomic E-state index is -2.26. The van der Waals surface area contributed by atoms with E-state index in [2.05, 4.69) is 58.6 Å². The Morgan fingerprint density at radius 2 is 1.59 bits per heavy atom. The Hall–Kier alpha value is -1.57. The molecule has 0 radical (unpaired) electrons. The molecule has 0 bridgehead atoms. The van der Waals surface area contributed by atoms with Crippen molar-refractivity contribution < 1.29 is 23.8 Å². The van der Waals surface area contributed by atoms with Crippen LogP contribution in [0.3, 0.4) is 0 Å². The SMILES string of the molecule is COc1cc2c(cc1OC)[C@]1(CCC(C)O)[C@@H](O[Si](C(C)C)(C(C)C)C(C)C)CC(=O)N1CC2. The standard InChI is InChI=1S/C27H45NO5Si/c1-17(2)34(18(3)4,19(5)6)33-25-16-26(30)28-13-11-21-14-23(31-8)24(32-9)15-22(21)27(25,28)12-10-20(7)29/h14-15,17-20,25,29H,10-13,16H2,1-9H3/t20?,25-,27+/m0/s1. The van der Waals surface area contributed by atoms with Gasteiger partial charge in [0.05, 0.1) is 38.4 Å². The van der Waals surface area contributed by atoms with Gasteiger partial charge in [-0.1, -0.05) is 41.5 Å². The zero-order valence-electron chi connectivity index (χ0n) is 22.6. The molecule has 1 N–H and O–H groups in total. The lowest BCUT2D eigenvalue weighted by molar-refractivity contribution is -0.132. The average Bonchev–Trinajstić information content (AvgIpc) is 3.05. The van der Waals surface area contributed by atoms with Crippen molar-refractivity contribution in [3.05, 3.63) is 23.3 Å². The molecule has 1 aromatic rings. The van der Waals surface area contributed by atoms with Gasteiger partial charge in [0.2, 0.25) is 14.2 Å². The summed E-state index contributed by atoms with van der Waals surface area (Å²) in [6.07, 6.45) is 1.69. The summed E-state index contributed by atoms with van der Waals surface area (Å²) in [5.41, 5.74) is 2.90. The van der Waals surface area contributed by atoms with Crippen LogP contribution >= 0.6 is 0 Å². The Morgan fingerprint density at radius 1 is 1.03 bits per heavy atom. The minimum Gasteiger partial charge on any atom is -0.493 e. The van der Waals surface area contributed by atoms with Gasteiger partial charge >= 0.3 is 0 Å². The number of benzene rings is 1. The van der Waals surface area contributed by atoms with E-state index < -0.39 is 20.0 Å². The van der Waals surface area contributed by atoms with Crippen molar-refractivity contribution in [3.8, 4) is 11.5 Å². The lowest BCUT2D eigenvalue weighted by Crippen LogP contribution is -2.58. The molecule has 0 aliphatic carbocycles. The molecule has 192 valence electrons. The van der Waals surface area contributed by atoms with Crippen LogP contribution in [0, 0.1) is 0 Å². The number of carbonyl (C=O) groups excluding carboxylic acids is 1. The molecule has 1 unspecified atom stereocenters. The van der Waals surface area contributed by atoms with Crippen LogP contribution in [0.15, 0.2) is 12.1 Å². The van der Waals surface area contributed by atoms with E-state index in [0.29, 0.717) is 53.9 Å². The quantitative estimate of drug-likeness (QED) is 0.443. The second-order valence-corrected chi connectivity index (χ2v) is 16.5. The second kappa shape index (κ2) is 10.2. The lowest BCUT2D eigenvalue weighted by Gasteiger charge is -2.51. The van der Waals surface area contributed by atoms with Crippen LogP contribution in [-0.4, -0.2) is 57.2 Å². The van der Waals surface area contributed by atoms with Crippen LogP contribution in [0.4, 0.5) is 0 Å². The topological polar surface area (TPSA) is 68.2 Å². The first-order valence-electron chi connectivity index (χ1n) is 12.9. The smallest absolute Gasteiger partial charge is 0.226 e. The highest BCUT2D eigenvalue weighted by molar-refractivity contribution is 6.77. The highest BCUT2D eigenvalue weighted by Gasteiger charge is 2.60. The van der Waals surface area contributed by atoms with Gasteiger partial charge in [0.1, 0.15) is 0 Å². The number of carbonyl (C=O) groups is 1. The van der Waals surface area contributed by atoms with Gasteiger partial charge in [-0.25, -0.2) is 0 Å². The van der Waals surface area contributed by atoms with Crippen LogP contribution in [0.1, 0.15) is 78.9 Å². The summed E-state index contributed by atoms with van der Waals surface area (Å²) in [6, 6.07) is 4.12. The van der Waals surface area contributed by atoms with E-state index in [1.165, 1.54) is 5.56 Å². The average molecular weight is 492 g/mol. The number of ether oxygens (including phenoxy) is 2. The third-order valence-electron chi connectivity index (χ3n) is 8.35. The van der Waals surface area contributed by atoms with E-state index in [1.807, 2.05) is 6.92 Å². The number of hydrogen-bond acceptors (Lipinski definition) is 5. The van der Waals surface area contributed by atoms with Gasteiger partial charge in [-0.15, -0.1) is 0 Å². The van der Waals surface area contributed by atoms with Crippen LogP contribution < -0.4 is 9.47 Å². The van der Waals surface area contributed by atoms with E-state index in [1.54, 1.807) is 14.2 Å². The highest BCUT2D eigenvalue weighted by atomic mass is 28.4. The zero-order chi connectivity index (χ0) is 25.4. The van der Waals surface area contributed by atoms with Crippen molar-refractivity contribution in [3.63, 3.8) is 0 Å². The van der Waals surface area contributed by atoms with Gasteiger partial charge in [0.25, 0.3) is 0 Å². The molecule has 3 atom stereocenters. The fourth-order valence-electron chi connectivity index (χ4n) is 6.89. The monoisotopic (exact) mass is 491 g/mol. The van der Waals surface area contributed by atoms with E-state index in [9.17, 15) is 9.90 Å². The first-order valence-corrected chi connectivity index (χ1v) is 15.0. The van der Waals surface area contributed by atoms with Gasteiger partial charge < -0.3 is 23.9 Å². The molecule has 1 fully saturated rings. The summed E-state index contributed by atoms with van der Waals surface area (Å²) >= 11 is 0. The largest absolute Gasteiger partial charge is 0.493 e. The Balaban J connectivity index is 2.24. The number of amides is 1. The van der Waals surface area contributed by atoms with Crippen LogP contribution in [0.2, 0.25) is 16.6 Å². The van der Waals surface area contributed by atoms with Gasteiger partial charge in [0, 0.05) is 6.54 Å². The normalized spacial score (nSPS) is 23.5. The van der Waals surface area contributed by atoms with Gasteiger partial charge in [0.15, 0.2) is 11.5 Å². The number of methoxy groups -OCH3 is 2. The summed E-state index contributed by atoms with van der Waals surface area (Å²) < 4.78 is 18.7. The molecule has 0 spiro atoms. The predicted molar refractivity (Wildman–Crippen MR) is 138 cm³/mol. The third kappa shape index (κ3) is 4.28. The predicted octanol–water partition coefficient (Wildman–Crippen LogP) is 5.41. The summed E-state index contributed by atoms with van der Waals surface area (Å²) in [7, 11) is 1.04. The summed E-state index contributed by atoms with van der Waals surface area (Å²) in [4.78, 5) is 15.5. The van der Waals surface area contributed by atoms with E-state index in [-0.39, 0.29) is 12.0 Å².